The molecule has 0 spiro atoms. The summed E-state index contributed by atoms with van der Waals surface area (Å²) in [6, 6.07) is 0. The van der Waals surface area contributed by atoms with Gasteiger partial charge in [0.1, 0.15) is 0 Å². The molecule has 1 N–H and O–H groups in total. The first kappa shape index (κ1) is 6.61. The van der Waals surface area contributed by atoms with Gasteiger partial charge in [0.15, 0.2) is 0 Å². The van der Waals surface area contributed by atoms with Crippen LogP contribution in [0.25, 0.3) is 0 Å². The lowest BCUT2D eigenvalue weighted by Crippen LogP contribution is -2.52. The molecule has 1 saturated heterocycles. The molecule has 1 heterocycles. The van der Waals surface area contributed by atoms with Gasteiger partial charge in [0.2, 0.25) is 0 Å². The van der Waals surface area contributed by atoms with E-state index < -0.39 is 6.10 Å². The molecule has 4 heteroatoms. The topological polar surface area (TPSA) is 46.5 Å². The van der Waals surface area contributed by atoms with Gasteiger partial charge < -0.3 is 9.84 Å². The van der Waals surface area contributed by atoms with Gasteiger partial charge in [-0.1, -0.05) is 15.9 Å². The van der Waals surface area contributed by atoms with Crippen LogP contribution >= 0.6 is 15.9 Å². The summed E-state index contributed by atoms with van der Waals surface area (Å²) in [4.78, 5) is 10.8. The highest BCUT2D eigenvalue weighted by Gasteiger charge is 2.57. The van der Waals surface area contributed by atoms with Crippen molar-refractivity contribution in [2.75, 3.05) is 6.61 Å². The maximum Gasteiger partial charge on any atom is 0.310 e. The van der Waals surface area contributed by atoms with E-state index in [0.29, 0.717) is 6.61 Å². The average molecular weight is 207 g/mol. The number of carbonyl (C=O) groups excluding carboxylic acids is 1. The number of alkyl halides is 1. The molecular weight excluding hydrogens is 200 g/mol. The number of hydrogen-bond acceptors (Lipinski definition) is 3. The highest BCUT2D eigenvalue weighted by Crippen LogP contribution is 2.44. The van der Waals surface area contributed by atoms with Crippen molar-refractivity contribution in [3.05, 3.63) is 0 Å². The zero-order valence-electron chi connectivity index (χ0n) is 5.16. The van der Waals surface area contributed by atoms with Crippen LogP contribution in [0.1, 0.15) is 0 Å². The van der Waals surface area contributed by atoms with E-state index in [1.54, 1.807) is 0 Å². The van der Waals surface area contributed by atoms with Gasteiger partial charge in [0.25, 0.3) is 0 Å². The lowest BCUT2D eigenvalue weighted by Gasteiger charge is -2.38. The van der Waals surface area contributed by atoms with Crippen LogP contribution in [0, 0.1) is 11.8 Å². The largest absolute Gasteiger partial charge is 0.465 e. The van der Waals surface area contributed by atoms with Gasteiger partial charge in [-0.05, 0) is 0 Å². The summed E-state index contributed by atoms with van der Waals surface area (Å²) in [6.07, 6.45) is -0.392. The molecule has 0 amide bonds. The Labute approximate surface area is 66.5 Å². The van der Waals surface area contributed by atoms with Crippen molar-refractivity contribution in [1.29, 1.82) is 0 Å². The van der Waals surface area contributed by atoms with Crippen LogP contribution in [0.15, 0.2) is 0 Å². The lowest BCUT2D eigenvalue weighted by atomic mass is 9.73. The molecule has 0 aromatic heterocycles. The van der Waals surface area contributed by atoms with E-state index in [0.717, 1.165) is 0 Å². The van der Waals surface area contributed by atoms with E-state index in [2.05, 4.69) is 15.9 Å². The number of carbonyl (C=O) groups is 1. The Kier molecular flexibility index (Phi) is 1.29. The first-order valence-electron chi connectivity index (χ1n) is 3.20. The number of rotatable bonds is 0. The molecule has 3 nitrogen and oxygen atoms in total. The molecule has 0 radical (unpaired) electrons. The number of ether oxygens (including phenoxy) is 1. The van der Waals surface area contributed by atoms with E-state index in [1.165, 1.54) is 0 Å². The summed E-state index contributed by atoms with van der Waals surface area (Å²) < 4.78 is 4.75. The van der Waals surface area contributed by atoms with Gasteiger partial charge in [0, 0.05) is 5.92 Å². The van der Waals surface area contributed by atoms with Crippen LogP contribution < -0.4 is 0 Å². The fourth-order valence-corrected chi connectivity index (χ4v) is 2.53. The van der Waals surface area contributed by atoms with Gasteiger partial charge in [-0.2, -0.15) is 0 Å². The Morgan fingerprint density at radius 2 is 2.40 bits per heavy atom. The average Bonchev–Trinajstić information content (AvgIpc) is 2.27. The van der Waals surface area contributed by atoms with Crippen LogP contribution in [-0.4, -0.2) is 28.6 Å². The van der Waals surface area contributed by atoms with Crippen molar-refractivity contribution in [1.82, 2.24) is 0 Å². The molecule has 1 saturated carbocycles. The second kappa shape index (κ2) is 1.95. The molecule has 0 unspecified atom stereocenters. The minimum atomic E-state index is -0.392. The number of aliphatic hydroxyl groups excluding tert-OH is 1. The molecule has 0 aromatic carbocycles. The number of hydrogen-bond donors (Lipinski definition) is 1. The quantitative estimate of drug-likeness (QED) is 0.446. The van der Waals surface area contributed by atoms with Crippen LogP contribution in [0.3, 0.4) is 0 Å². The predicted molar refractivity (Wildman–Crippen MR) is 36.7 cm³/mol. The van der Waals surface area contributed by atoms with Crippen molar-refractivity contribution in [3.63, 3.8) is 0 Å². The smallest absolute Gasteiger partial charge is 0.310 e. The van der Waals surface area contributed by atoms with Crippen molar-refractivity contribution >= 4 is 21.9 Å². The van der Waals surface area contributed by atoms with E-state index >= 15 is 0 Å². The Bertz CT molecular complexity index is 182. The Hall–Kier alpha value is -0.0900. The molecule has 4 atom stereocenters. The zero-order chi connectivity index (χ0) is 7.30. The Morgan fingerprint density at radius 3 is 3.00 bits per heavy atom. The third kappa shape index (κ3) is 0.609. The monoisotopic (exact) mass is 206 g/mol. The van der Waals surface area contributed by atoms with Gasteiger partial charge in [0.05, 0.1) is 23.5 Å². The van der Waals surface area contributed by atoms with Gasteiger partial charge >= 0.3 is 5.97 Å². The first-order chi connectivity index (χ1) is 4.72. The standard InChI is InChI=1S/C6H7BrO3/c7-4-3-2(5(4)8)1-10-6(3)9/h2-5,8H,1H2/t2-,3+,4-,5-/m0/s1. The molecule has 2 aliphatic rings. The van der Waals surface area contributed by atoms with Gasteiger partial charge in [-0.3, -0.25) is 4.79 Å². The van der Waals surface area contributed by atoms with E-state index in [-0.39, 0.29) is 22.6 Å². The van der Waals surface area contributed by atoms with Gasteiger partial charge in [-0.25, -0.2) is 0 Å². The highest BCUT2D eigenvalue weighted by molar-refractivity contribution is 9.09. The lowest BCUT2D eigenvalue weighted by molar-refractivity contribution is -0.143. The molecule has 0 bridgehead atoms. The van der Waals surface area contributed by atoms with Crippen LogP contribution in [0.4, 0.5) is 0 Å². The SMILES string of the molecule is O=C1OC[C@@H]2[C@H](O)[C@@H](Br)[C@H]12. The summed E-state index contributed by atoms with van der Waals surface area (Å²) in [5.74, 6) is -0.205. The maximum absolute atomic E-state index is 10.8. The first-order valence-corrected chi connectivity index (χ1v) is 4.12. The van der Waals surface area contributed by atoms with Crippen molar-refractivity contribution in [2.24, 2.45) is 11.8 Å². The normalized spacial score (nSPS) is 51.6. The van der Waals surface area contributed by atoms with Crippen LogP contribution in [0.2, 0.25) is 0 Å². The van der Waals surface area contributed by atoms with Crippen molar-refractivity contribution in [2.45, 2.75) is 10.9 Å². The molecule has 10 heavy (non-hydrogen) atoms. The zero-order valence-corrected chi connectivity index (χ0v) is 6.74. The summed E-state index contributed by atoms with van der Waals surface area (Å²) >= 11 is 3.22. The number of cyclic esters (lactones) is 1. The number of esters is 1. The third-order valence-corrected chi connectivity index (χ3v) is 3.37. The minimum Gasteiger partial charge on any atom is -0.465 e. The van der Waals surface area contributed by atoms with Crippen LogP contribution in [0.5, 0.6) is 0 Å². The highest BCUT2D eigenvalue weighted by atomic mass is 79.9. The summed E-state index contributed by atoms with van der Waals surface area (Å²) in [5, 5.41) is 9.23. The minimum absolute atomic E-state index is 0.0527. The fraction of sp³-hybridized carbons (Fsp3) is 0.833. The van der Waals surface area contributed by atoms with Crippen molar-refractivity contribution < 1.29 is 14.6 Å². The molecule has 0 aromatic rings. The third-order valence-electron chi connectivity index (χ3n) is 2.26. The number of fused-ring (bicyclic) bond motifs is 1. The summed E-state index contributed by atoms with van der Waals surface area (Å²) in [5.41, 5.74) is 0. The fourth-order valence-electron chi connectivity index (χ4n) is 1.53. The van der Waals surface area contributed by atoms with Crippen molar-refractivity contribution in [3.8, 4) is 0 Å². The second-order valence-electron chi connectivity index (χ2n) is 2.75. The van der Waals surface area contributed by atoms with E-state index in [4.69, 9.17) is 4.74 Å². The van der Waals surface area contributed by atoms with E-state index in [1.807, 2.05) is 0 Å². The second-order valence-corrected chi connectivity index (χ2v) is 3.81. The van der Waals surface area contributed by atoms with Crippen LogP contribution in [-0.2, 0) is 9.53 Å². The number of halogens is 1. The summed E-state index contributed by atoms with van der Waals surface area (Å²) in [7, 11) is 0. The molecule has 2 rings (SSSR count). The maximum atomic E-state index is 10.8. The molecule has 1 aliphatic carbocycles. The molecule has 1 aliphatic heterocycles. The Balaban J connectivity index is 2.16. The number of aliphatic hydroxyl groups is 1. The Morgan fingerprint density at radius 1 is 1.70 bits per heavy atom. The van der Waals surface area contributed by atoms with Gasteiger partial charge in [-0.15, -0.1) is 0 Å². The molecule has 2 fully saturated rings. The predicted octanol–water partition coefficient (Wildman–Crippen LogP) is -0.0864. The van der Waals surface area contributed by atoms with E-state index in [9.17, 15) is 9.90 Å². The molecule has 56 valence electrons. The summed E-state index contributed by atoms with van der Waals surface area (Å²) in [6.45, 7) is 0.396. The molecular formula is C6H7BrO3.